The Morgan fingerprint density at radius 1 is 1.78 bits per heavy atom. The van der Waals surface area contributed by atoms with Gasteiger partial charge in [0.15, 0.2) is 6.29 Å². The van der Waals surface area contributed by atoms with E-state index in [9.17, 15) is 4.79 Å². The fourth-order valence-electron chi connectivity index (χ4n) is 0.505. The molecule has 1 aromatic rings. The van der Waals surface area contributed by atoms with Crippen molar-refractivity contribution in [1.82, 2.24) is 3.97 Å². The predicted molar refractivity (Wildman–Crippen MR) is 46.8 cm³/mol. The molecular weight excluding hydrogens is 249 g/mol. The van der Waals surface area contributed by atoms with Crippen LogP contribution in [0.5, 0.6) is 0 Å². The Bertz CT molecular complexity index is 210. The topological polar surface area (TPSA) is 22.0 Å². The van der Waals surface area contributed by atoms with Crippen LogP contribution in [-0.4, -0.2) is 10.3 Å². The average molecular weight is 253 g/mol. The molecule has 0 spiro atoms. The van der Waals surface area contributed by atoms with E-state index in [0.717, 1.165) is 11.8 Å². The van der Waals surface area contributed by atoms with Crippen LogP contribution in [0.1, 0.15) is 10.4 Å². The lowest BCUT2D eigenvalue weighted by Gasteiger charge is -1.86. The van der Waals surface area contributed by atoms with E-state index in [1.165, 1.54) is 9.12 Å². The summed E-state index contributed by atoms with van der Waals surface area (Å²) in [6.07, 6.45) is 4.47. The summed E-state index contributed by atoms with van der Waals surface area (Å²) in [6.45, 7) is 0. The van der Waals surface area contributed by atoms with Gasteiger partial charge in [0, 0.05) is 48.3 Å². The highest BCUT2D eigenvalue weighted by Crippen LogP contribution is 2.15. The molecule has 1 aromatic heterocycles. The van der Waals surface area contributed by atoms with Gasteiger partial charge in [0.1, 0.15) is 0 Å². The number of hydrogen-bond acceptors (Lipinski definition) is 2. The molecule has 0 aliphatic heterocycles. The minimum absolute atomic E-state index is 0.721. The van der Waals surface area contributed by atoms with Gasteiger partial charge in [0.2, 0.25) is 0 Å². The second-order valence-electron chi connectivity index (χ2n) is 1.49. The Morgan fingerprint density at radius 2 is 2.56 bits per heavy atom. The molecule has 0 aliphatic carbocycles. The van der Waals surface area contributed by atoms with E-state index in [2.05, 4.69) is 21.2 Å². The molecule has 0 unspecified atom stereocenters. The molecule has 0 N–H and O–H groups in total. The summed E-state index contributed by atoms with van der Waals surface area (Å²) in [5.41, 5.74) is 0.721. The van der Waals surface area contributed by atoms with Crippen molar-refractivity contribution < 1.29 is 4.79 Å². The molecule has 48 valence electrons. The zero-order chi connectivity index (χ0) is 6.69. The molecule has 0 fully saturated rings. The number of aldehydes is 1. The van der Waals surface area contributed by atoms with Crippen LogP contribution < -0.4 is 0 Å². The lowest BCUT2D eigenvalue weighted by atomic mass is 10.4. The van der Waals surface area contributed by atoms with Crippen LogP contribution in [0.2, 0.25) is 0 Å². The summed E-state index contributed by atoms with van der Waals surface area (Å²) in [7, 11) is 1.53. The maximum atomic E-state index is 10.1. The van der Waals surface area contributed by atoms with E-state index < -0.39 is 0 Å². The van der Waals surface area contributed by atoms with E-state index in [1.807, 2.05) is 10.2 Å². The second kappa shape index (κ2) is 3.26. The Balaban J connectivity index is 2.86. The van der Waals surface area contributed by atoms with Crippen LogP contribution in [0.25, 0.3) is 0 Å². The van der Waals surface area contributed by atoms with Gasteiger partial charge < -0.3 is 0 Å². The number of hydrogen-bond donors (Lipinski definition) is 0. The normalized spacial score (nSPS) is 9.44. The third-order valence-corrected chi connectivity index (χ3v) is 2.66. The van der Waals surface area contributed by atoms with Crippen LogP contribution in [0.15, 0.2) is 18.5 Å². The average Bonchev–Trinajstić information content (AvgIpc) is 2.34. The van der Waals surface area contributed by atoms with Crippen molar-refractivity contribution in [3.63, 3.8) is 0 Å². The molecule has 1 rings (SSSR count). The molecule has 0 bridgehead atoms. The molecule has 0 saturated carbocycles. The van der Waals surface area contributed by atoms with Gasteiger partial charge in [0.25, 0.3) is 0 Å². The van der Waals surface area contributed by atoms with Gasteiger partial charge >= 0.3 is 0 Å². The molecule has 0 saturated heterocycles. The quantitative estimate of drug-likeness (QED) is 0.595. The monoisotopic (exact) mass is 253 g/mol. The van der Waals surface area contributed by atoms with Crippen LogP contribution in [-0.2, 0) is 0 Å². The van der Waals surface area contributed by atoms with E-state index in [4.69, 9.17) is 0 Å². The predicted octanol–water partition coefficient (Wildman–Crippen LogP) is 2.15. The fraction of sp³-hybridized carbons (Fsp3) is 0. The van der Waals surface area contributed by atoms with Crippen LogP contribution in [0.3, 0.4) is 0 Å². The molecule has 1 heterocycles. The summed E-state index contributed by atoms with van der Waals surface area (Å²) in [4.78, 5) is 10.1. The van der Waals surface area contributed by atoms with Crippen molar-refractivity contribution in [2.24, 2.45) is 0 Å². The number of carbonyl (C=O) groups excluding carboxylic acids is 1. The van der Waals surface area contributed by atoms with E-state index >= 15 is 0 Å². The van der Waals surface area contributed by atoms with Gasteiger partial charge in [-0.3, -0.25) is 8.77 Å². The van der Waals surface area contributed by atoms with Crippen LogP contribution >= 0.6 is 30.3 Å². The SMILES string of the molecule is O=Cc1ccn(SI)c1. The van der Waals surface area contributed by atoms with Crippen molar-refractivity contribution in [3.05, 3.63) is 24.0 Å². The summed E-state index contributed by atoms with van der Waals surface area (Å²) in [5, 5.41) is 0. The summed E-state index contributed by atoms with van der Waals surface area (Å²) in [5.74, 6) is 0. The molecule has 9 heavy (non-hydrogen) atoms. The first kappa shape index (κ1) is 7.14. The molecule has 0 radical (unpaired) electrons. The Hall–Kier alpha value is 0.0300. The second-order valence-corrected chi connectivity index (χ2v) is 3.23. The molecule has 0 amide bonds. The van der Waals surface area contributed by atoms with E-state index in [1.54, 1.807) is 12.3 Å². The lowest BCUT2D eigenvalue weighted by Crippen LogP contribution is -1.73. The summed E-state index contributed by atoms with van der Waals surface area (Å²) >= 11 is 2.15. The first-order chi connectivity index (χ1) is 4.36. The minimum atomic E-state index is 0.721. The van der Waals surface area contributed by atoms with Crippen LogP contribution in [0.4, 0.5) is 0 Å². The van der Waals surface area contributed by atoms with Crippen LogP contribution in [0, 0.1) is 0 Å². The minimum Gasteiger partial charge on any atom is -0.298 e. The first-order valence-electron chi connectivity index (χ1n) is 2.29. The van der Waals surface area contributed by atoms with Crippen molar-refractivity contribution in [1.29, 1.82) is 0 Å². The van der Waals surface area contributed by atoms with Gasteiger partial charge in [-0.1, -0.05) is 0 Å². The highest BCUT2D eigenvalue weighted by molar-refractivity contribution is 14.2. The van der Waals surface area contributed by atoms with Gasteiger partial charge in [-0.05, 0) is 6.07 Å². The third kappa shape index (κ3) is 1.72. The molecule has 0 atom stereocenters. The molecule has 4 heteroatoms. The van der Waals surface area contributed by atoms with E-state index in [-0.39, 0.29) is 0 Å². The first-order valence-corrected chi connectivity index (χ1v) is 5.60. The number of rotatable bonds is 2. The van der Waals surface area contributed by atoms with Crippen molar-refractivity contribution in [2.45, 2.75) is 0 Å². The fourth-order valence-corrected chi connectivity index (χ4v) is 1.51. The summed E-state index contributed by atoms with van der Waals surface area (Å²) < 4.78 is 1.87. The standard InChI is InChI=1S/C5H4INOS/c6-9-7-2-1-5(3-7)4-8/h1-4H. The zero-order valence-electron chi connectivity index (χ0n) is 4.45. The molecule has 0 aliphatic rings. The number of nitrogens with zero attached hydrogens (tertiary/aromatic N) is 1. The van der Waals surface area contributed by atoms with Crippen molar-refractivity contribution in [3.8, 4) is 0 Å². The van der Waals surface area contributed by atoms with Gasteiger partial charge in [-0.2, -0.15) is 0 Å². The largest absolute Gasteiger partial charge is 0.298 e. The molecular formula is C5H4INOS. The molecule has 2 nitrogen and oxygen atoms in total. The third-order valence-electron chi connectivity index (χ3n) is 0.906. The van der Waals surface area contributed by atoms with Gasteiger partial charge in [-0.15, -0.1) is 0 Å². The van der Waals surface area contributed by atoms with Gasteiger partial charge in [0.05, 0.1) is 0 Å². The summed E-state index contributed by atoms with van der Waals surface area (Å²) in [6, 6.07) is 1.78. The number of aromatic nitrogens is 1. The zero-order valence-corrected chi connectivity index (χ0v) is 7.43. The van der Waals surface area contributed by atoms with E-state index in [0.29, 0.717) is 0 Å². The Labute approximate surface area is 69.3 Å². The smallest absolute Gasteiger partial charge is 0.151 e. The number of halogens is 1. The number of carbonyl (C=O) groups is 1. The highest BCUT2D eigenvalue weighted by Gasteiger charge is 1.91. The Morgan fingerprint density at radius 3 is 2.89 bits per heavy atom. The molecule has 0 aromatic carbocycles. The maximum Gasteiger partial charge on any atom is 0.151 e. The van der Waals surface area contributed by atoms with Gasteiger partial charge in [-0.25, -0.2) is 0 Å². The maximum absolute atomic E-state index is 10.1. The van der Waals surface area contributed by atoms with Crippen molar-refractivity contribution >= 4 is 36.6 Å². The lowest BCUT2D eigenvalue weighted by molar-refractivity contribution is 0.112. The van der Waals surface area contributed by atoms with Crippen molar-refractivity contribution in [2.75, 3.05) is 0 Å². The highest BCUT2D eigenvalue weighted by atomic mass is 127. The Kier molecular flexibility index (Phi) is 2.59.